The fourth-order valence-corrected chi connectivity index (χ4v) is 0.987. The van der Waals surface area contributed by atoms with Gasteiger partial charge in [-0.15, -0.1) is 0 Å². The lowest BCUT2D eigenvalue weighted by molar-refractivity contribution is 0.431. The SMILES string of the molecule is NS(=O)(=O)Oc1c(F)cncc1F. The van der Waals surface area contributed by atoms with Gasteiger partial charge in [0.05, 0.1) is 12.4 Å². The lowest BCUT2D eigenvalue weighted by Gasteiger charge is -2.03. The fourth-order valence-electron chi connectivity index (χ4n) is 0.595. The molecular weight excluding hydrogens is 206 g/mol. The number of hydrogen-bond donors (Lipinski definition) is 1. The summed E-state index contributed by atoms with van der Waals surface area (Å²) in [6, 6.07) is 0. The van der Waals surface area contributed by atoms with Gasteiger partial charge in [0.25, 0.3) is 0 Å². The van der Waals surface area contributed by atoms with E-state index in [1.807, 2.05) is 0 Å². The van der Waals surface area contributed by atoms with Crippen LogP contribution in [-0.4, -0.2) is 13.4 Å². The Morgan fingerprint density at radius 3 is 2.15 bits per heavy atom. The van der Waals surface area contributed by atoms with E-state index in [9.17, 15) is 17.2 Å². The van der Waals surface area contributed by atoms with Crippen molar-refractivity contribution in [1.82, 2.24) is 4.98 Å². The van der Waals surface area contributed by atoms with Gasteiger partial charge in [0.1, 0.15) is 0 Å². The summed E-state index contributed by atoms with van der Waals surface area (Å²) in [5.41, 5.74) is 0. The summed E-state index contributed by atoms with van der Waals surface area (Å²) in [7, 11) is -4.43. The Kier molecular flexibility index (Phi) is 2.43. The summed E-state index contributed by atoms with van der Waals surface area (Å²) in [6.07, 6.45) is 1.20. The van der Waals surface area contributed by atoms with Gasteiger partial charge in [0, 0.05) is 0 Å². The summed E-state index contributed by atoms with van der Waals surface area (Å²) >= 11 is 0. The lowest BCUT2D eigenvalue weighted by Crippen LogP contribution is -2.20. The zero-order valence-corrected chi connectivity index (χ0v) is 6.88. The van der Waals surface area contributed by atoms with Gasteiger partial charge >= 0.3 is 10.3 Å². The smallest absolute Gasteiger partial charge is 0.365 e. The molecule has 0 aromatic carbocycles. The number of rotatable bonds is 2. The van der Waals surface area contributed by atoms with Crippen LogP contribution < -0.4 is 9.32 Å². The molecule has 8 heteroatoms. The molecule has 0 fully saturated rings. The molecule has 0 aliphatic rings. The molecule has 1 aromatic rings. The van der Waals surface area contributed by atoms with Gasteiger partial charge in [-0.25, -0.2) is 8.78 Å². The van der Waals surface area contributed by atoms with Crippen LogP contribution in [-0.2, 0) is 10.3 Å². The summed E-state index contributed by atoms with van der Waals surface area (Å²) in [4.78, 5) is 3.11. The van der Waals surface area contributed by atoms with Gasteiger partial charge in [-0.2, -0.15) is 13.6 Å². The molecule has 1 aromatic heterocycles. The normalized spacial score (nSPS) is 11.3. The molecule has 1 rings (SSSR count). The highest BCUT2D eigenvalue weighted by Gasteiger charge is 2.15. The van der Waals surface area contributed by atoms with E-state index in [1.54, 1.807) is 0 Å². The highest BCUT2D eigenvalue weighted by atomic mass is 32.2. The molecule has 0 unspecified atom stereocenters. The molecule has 0 saturated carbocycles. The van der Waals surface area contributed by atoms with E-state index in [4.69, 9.17) is 0 Å². The Morgan fingerprint density at radius 1 is 1.31 bits per heavy atom. The van der Waals surface area contributed by atoms with Crippen molar-refractivity contribution in [3.05, 3.63) is 24.0 Å². The first-order chi connectivity index (χ1) is 5.90. The minimum absolute atomic E-state index is 0.601. The lowest BCUT2D eigenvalue weighted by atomic mass is 10.4. The van der Waals surface area contributed by atoms with Crippen molar-refractivity contribution in [3.8, 4) is 5.75 Å². The molecule has 0 aliphatic carbocycles. The van der Waals surface area contributed by atoms with E-state index < -0.39 is 27.7 Å². The van der Waals surface area contributed by atoms with Gasteiger partial charge in [-0.1, -0.05) is 0 Å². The second kappa shape index (κ2) is 3.23. The van der Waals surface area contributed by atoms with Crippen LogP contribution in [0.2, 0.25) is 0 Å². The van der Waals surface area contributed by atoms with Crippen molar-refractivity contribution < 1.29 is 21.4 Å². The van der Waals surface area contributed by atoms with Crippen molar-refractivity contribution in [2.75, 3.05) is 0 Å². The van der Waals surface area contributed by atoms with E-state index in [2.05, 4.69) is 14.3 Å². The van der Waals surface area contributed by atoms with Crippen LogP contribution >= 0.6 is 0 Å². The van der Waals surface area contributed by atoms with E-state index >= 15 is 0 Å². The standard InChI is InChI=1S/C5H4F2N2O3S/c6-3-1-9-2-4(7)5(3)12-13(8,10)11/h1-2H,(H2,8,10,11). The topological polar surface area (TPSA) is 82.3 Å². The molecule has 0 bridgehead atoms. The Morgan fingerprint density at radius 2 is 1.77 bits per heavy atom. The average molecular weight is 210 g/mol. The van der Waals surface area contributed by atoms with Crippen molar-refractivity contribution in [2.24, 2.45) is 5.14 Å². The maximum absolute atomic E-state index is 12.6. The van der Waals surface area contributed by atoms with Crippen molar-refractivity contribution in [3.63, 3.8) is 0 Å². The number of hydrogen-bond acceptors (Lipinski definition) is 4. The molecule has 5 nitrogen and oxygen atoms in total. The quantitative estimate of drug-likeness (QED) is 0.741. The van der Waals surface area contributed by atoms with Gasteiger partial charge in [-0.3, -0.25) is 4.98 Å². The van der Waals surface area contributed by atoms with Crippen LogP contribution in [0.1, 0.15) is 0 Å². The van der Waals surface area contributed by atoms with E-state index in [-0.39, 0.29) is 0 Å². The molecule has 72 valence electrons. The zero-order chi connectivity index (χ0) is 10.1. The van der Waals surface area contributed by atoms with Crippen LogP contribution in [0.4, 0.5) is 8.78 Å². The van der Waals surface area contributed by atoms with Crippen LogP contribution in [0, 0.1) is 11.6 Å². The maximum atomic E-state index is 12.6. The van der Waals surface area contributed by atoms with Crippen molar-refractivity contribution in [2.45, 2.75) is 0 Å². The molecule has 2 N–H and O–H groups in total. The number of pyridine rings is 1. The van der Waals surface area contributed by atoms with Crippen LogP contribution in [0.15, 0.2) is 12.4 Å². The molecule has 0 spiro atoms. The Labute approximate surface area is 72.4 Å². The third kappa shape index (κ3) is 2.60. The van der Waals surface area contributed by atoms with E-state index in [0.717, 1.165) is 0 Å². The molecule has 1 heterocycles. The number of aromatic nitrogens is 1. The zero-order valence-electron chi connectivity index (χ0n) is 6.07. The largest absolute Gasteiger partial charge is 0.380 e. The highest BCUT2D eigenvalue weighted by Crippen LogP contribution is 2.20. The van der Waals surface area contributed by atoms with E-state index in [0.29, 0.717) is 12.4 Å². The minimum Gasteiger partial charge on any atom is -0.365 e. The predicted octanol–water partition coefficient (Wildman–Crippen LogP) is -0.0579. The molecule has 0 radical (unpaired) electrons. The second-order valence-electron chi connectivity index (χ2n) is 2.01. The summed E-state index contributed by atoms with van der Waals surface area (Å²) in [6.45, 7) is 0. The Hall–Kier alpha value is -1.28. The monoisotopic (exact) mass is 210 g/mol. The maximum Gasteiger partial charge on any atom is 0.380 e. The molecule has 13 heavy (non-hydrogen) atoms. The third-order valence-corrected chi connectivity index (χ3v) is 1.41. The minimum atomic E-state index is -4.43. The molecule has 0 atom stereocenters. The Balaban J connectivity index is 3.15. The number of nitrogens with zero attached hydrogens (tertiary/aromatic N) is 1. The van der Waals surface area contributed by atoms with Crippen LogP contribution in [0.3, 0.4) is 0 Å². The first-order valence-corrected chi connectivity index (χ1v) is 4.38. The number of halogens is 2. The summed E-state index contributed by atoms with van der Waals surface area (Å²) < 4.78 is 49.7. The highest BCUT2D eigenvalue weighted by molar-refractivity contribution is 7.84. The van der Waals surface area contributed by atoms with Crippen LogP contribution in [0.5, 0.6) is 5.75 Å². The van der Waals surface area contributed by atoms with Crippen molar-refractivity contribution in [1.29, 1.82) is 0 Å². The van der Waals surface area contributed by atoms with Gasteiger partial charge in [0.15, 0.2) is 11.6 Å². The molecule has 0 saturated heterocycles. The summed E-state index contributed by atoms with van der Waals surface area (Å²) in [5.74, 6) is -3.57. The Bertz CT molecular complexity index is 400. The molecule has 0 aliphatic heterocycles. The average Bonchev–Trinajstić information content (AvgIpc) is 1.95. The fraction of sp³-hybridized carbons (Fsp3) is 0. The van der Waals surface area contributed by atoms with E-state index in [1.165, 1.54) is 0 Å². The molecule has 0 amide bonds. The molecular formula is C5H4F2N2O3S. The first kappa shape index (κ1) is 9.81. The summed E-state index contributed by atoms with van der Waals surface area (Å²) in [5, 5.41) is 4.40. The first-order valence-electron chi connectivity index (χ1n) is 2.91. The van der Waals surface area contributed by atoms with Crippen molar-refractivity contribution >= 4 is 10.3 Å². The van der Waals surface area contributed by atoms with Gasteiger partial charge < -0.3 is 4.18 Å². The van der Waals surface area contributed by atoms with Gasteiger partial charge in [-0.05, 0) is 0 Å². The second-order valence-corrected chi connectivity index (χ2v) is 3.16. The number of nitrogens with two attached hydrogens (primary N) is 1. The van der Waals surface area contributed by atoms with Crippen LogP contribution in [0.25, 0.3) is 0 Å². The predicted molar refractivity (Wildman–Crippen MR) is 37.9 cm³/mol. The third-order valence-electron chi connectivity index (χ3n) is 1.01. The van der Waals surface area contributed by atoms with Gasteiger partial charge in [0.2, 0.25) is 5.75 Å².